The Morgan fingerprint density at radius 3 is 0.759 bits per heavy atom. The van der Waals surface area contributed by atoms with E-state index >= 15 is 0 Å². The number of hydrogen-bond donors (Lipinski definition) is 0. The second-order valence-corrected chi connectivity index (χ2v) is 22.7. The molecule has 0 heterocycles. The van der Waals surface area contributed by atoms with Crippen molar-refractivity contribution in [3.8, 4) is 0 Å². The van der Waals surface area contributed by atoms with Crippen molar-refractivity contribution < 1.29 is 28.6 Å². The molecule has 0 spiro atoms. The molecule has 0 saturated heterocycles. The summed E-state index contributed by atoms with van der Waals surface area (Å²) in [5.41, 5.74) is 0. The van der Waals surface area contributed by atoms with Crippen LogP contribution >= 0.6 is 0 Å². The van der Waals surface area contributed by atoms with Gasteiger partial charge >= 0.3 is 17.9 Å². The van der Waals surface area contributed by atoms with Crippen LogP contribution in [-0.2, 0) is 28.6 Å². The highest BCUT2D eigenvalue weighted by molar-refractivity contribution is 5.71. The smallest absolute Gasteiger partial charge is 0.306 e. The van der Waals surface area contributed by atoms with Crippen molar-refractivity contribution >= 4 is 17.9 Å². The van der Waals surface area contributed by atoms with E-state index in [1.807, 2.05) is 0 Å². The van der Waals surface area contributed by atoms with Crippen molar-refractivity contribution in [2.75, 3.05) is 13.2 Å². The minimum Gasteiger partial charge on any atom is -0.462 e. The first-order valence-corrected chi connectivity index (χ1v) is 34.7. The molecular weight excluding hydrogens is 1020 g/mol. The van der Waals surface area contributed by atoms with Crippen LogP contribution in [0.15, 0.2) is 134 Å². The lowest BCUT2D eigenvalue weighted by Gasteiger charge is -2.18. The Balaban J connectivity index is 4.37. The fourth-order valence-electron chi connectivity index (χ4n) is 9.49. The van der Waals surface area contributed by atoms with E-state index in [-0.39, 0.29) is 31.1 Å². The van der Waals surface area contributed by atoms with Crippen LogP contribution in [0.1, 0.15) is 316 Å². The van der Waals surface area contributed by atoms with Gasteiger partial charge in [0.25, 0.3) is 0 Å². The van der Waals surface area contributed by atoms with Gasteiger partial charge in [-0.25, -0.2) is 0 Å². The molecule has 0 aromatic carbocycles. The van der Waals surface area contributed by atoms with Gasteiger partial charge in [-0.3, -0.25) is 14.4 Å². The van der Waals surface area contributed by atoms with E-state index in [0.29, 0.717) is 19.3 Å². The summed E-state index contributed by atoms with van der Waals surface area (Å²) in [6, 6.07) is 0. The van der Waals surface area contributed by atoms with Crippen LogP contribution in [0.5, 0.6) is 0 Å². The van der Waals surface area contributed by atoms with Crippen molar-refractivity contribution in [1.82, 2.24) is 0 Å². The first-order valence-electron chi connectivity index (χ1n) is 34.7. The lowest BCUT2D eigenvalue weighted by molar-refractivity contribution is -0.167. The Hall–Kier alpha value is -4.45. The Kier molecular flexibility index (Phi) is 66.3. The first kappa shape index (κ1) is 78.5. The van der Waals surface area contributed by atoms with Crippen molar-refractivity contribution in [3.05, 3.63) is 134 Å². The highest BCUT2D eigenvalue weighted by Crippen LogP contribution is 2.16. The van der Waals surface area contributed by atoms with Gasteiger partial charge in [0, 0.05) is 19.3 Å². The molecule has 0 aromatic rings. The van der Waals surface area contributed by atoms with Gasteiger partial charge in [-0.05, 0) is 135 Å². The Bertz CT molecular complexity index is 1750. The molecule has 0 amide bonds. The maximum absolute atomic E-state index is 13.0. The zero-order valence-electron chi connectivity index (χ0n) is 54.2. The number of carbonyl (C=O) groups excluding carboxylic acids is 3. The van der Waals surface area contributed by atoms with E-state index in [2.05, 4.69) is 154 Å². The van der Waals surface area contributed by atoms with Crippen LogP contribution in [0.25, 0.3) is 0 Å². The topological polar surface area (TPSA) is 78.9 Å². The van der Waals surface area contributed by atoms with Gasteiger partial charge in [0.2, 0.25) is 0 Å². The normalized spacial score (nSPS) is 13.0. The van der Waals surface area contributed by atoms with Crippen LogP contribution in [0.4, 0.5) is 0 Å². The second kappa shape index (κ2) is 70.0. The number of unbranched alkanes of at least 4 members (excludes halogenated alkanes) is 29. The maximum atomic E-state index is 13.0. The van der Waals surface area contributed by atoms with E-state index in [9.17, 15) is 14.4 Å². The van der Waals surface area contributed by atoms with Crippen LogP contribution in [0, 0.1) is 0 Å². The third kappa shape index (κ3) is 68.2. The molecule has 1 unspecified atom stereocenters. The molecule has 0 saturated carbocycles. The Morgan fingerprint density at radius 2 is 0.470 bits per heavy atom. The molecule has 0 aliphatic heterocycles. The summed E-state index contributed by atoms with van der Waals surface area (Å²) < 4.78 is 16.9. The molecule has 0 bridgehead atoms. The minimum absolute atomic E-state index is 0.0983. The van der Waals surface area contributed by atoms with Crippen molar-refractivity contribution in [3.63, 3.8) is 0 Å². The van der Waals surface area contributed by atoms with Crippen molar-refractivity contribution in [2.45, 2.75) is 322 Å². The zero-order chi connectivity index (χ0) is 59.9. The average Bonchev–Trinajstić information content (AvgIpc) is 3.49. The molecule has 0 fully saturated rings. The molecule has 0 radical (unpaired) electrons. The standard InChI is InChI=1S/C77H128O6/c1-4-7-10-13-16-19-22-25-28-30-32-34-36-37-38-39-41-42-44-46-49-52-55-58-61-64-67-70-76(79)82-73-74(72-81-75(78)69-66-63-60-57-54-51-48-27-24-21-18-15-12-9-6-3)83-77(80)71-68-65-62-59-56-53-50-47-45-43-40-35-33-31-29-26-23-20-17-14-11-8-5-2/h8-9,11-12,17-18,20-22,25-27,29-30,32-33,35,43,45,48,54,57,74H,4-7,10,13-16,19,23-24,28,31,34,36-42,44,46-47,49-53,55-56,58-73H2,1-3H3/b11-8-,12-9-,20-17-,21-18-,25-22-,29-26-,32-30-,35-33-,45-43-,48-27-,57-54-. The highest BCUT2D eigenvalue weighted by atomic mass is 16.6. The third-order valence-corrected chi connectivity index (χ3v) is 14.6. The van der Waals surface area contributed by atoms with Gasteiger partial charge in [0.15, 0.2) is 6.10 Å². The number of carbonyl (C=O) groups is 3. The molecule has 6 nitrogen and oxygen atoms in total. The lowest BCUT2D eigenvalue weighted by Crippen LogP contribution is -2.30. The molecule has 1 atom stereocenters. The van der Waals surface area contributed by atoms with Gasteiger partial charge in [0.1, 0.15) is 13.2 Å². The van der Waals surface area contributed by atoms with Gasteiger partial charge in [-0.2, -0.15) is 0 Å². The lowest BCUT2D eigenvalue weighted by atomic mass is 10.0. The number of rotatable bonds is 62. The maximum Gasteiger partial charge on any atom is 0.306 e. The molecule has 0 aliphatic rings. The first-order chi connectivity index (χ1) is 41.0. The second-order valence-electron chi connectivity index (χ2n) is 22.7. The summed E-state index contributed by atoms with van der Waals surface area (Å²) >= 11 is 0. The van der Waals surface area contributed by atoms with E-state index in [1.165, 1.54) is 141 Å². The van der Waals surface area contributed by atoms with Gasteiger partial charge in [-0.1, -0.05) is 296 Å². The fourth-order valence-corrected chi connectivity index (χ4v) is 9.49. The summed E-state index contributed by atoms with van der Waals surface area (Å²) in [5, 5.41) is 0. The number of hydrogen-bond acceptors (Lipinski definition) is 6. The monoisotopic (exact) mass is 1150 g/mol. The molecule has 0 rings (SSSR count). The Morgan fingerprint density at radius 1 is 0.253 bits per heavy atom. The van der Waals surface area contributed by atoms with Gasteiger partial charge in [-0.15, -0.1) is 0 Å². The van der Waals surface area contributed by atoms with E-state index in [0.717, 1.165) is 135 Å². The van der Waals surface area contributed by atoms with E-state index < -0.39 is 6.10 Å². The average molecular weight is 1150 g/mol. The van der Waals surface area contributed by atoms with E-state index in [1.54, 1.807) is 0 Å². The molecule has 6 heteroatoms. The number of ether oxygens (including phenoxy) is 3. The van der Waals surface area contributed by atoms with Gasteiger partial charge < -0.3 is 14.2 Å². The molecule has 0 aromatic heterocycles. The molecule has 83 heavy (non-hydrogen) atoms. The molecule has 0 N–H and O–H groups in total. The van der Waals surface area contributed by atoms with Crippen LogP contribution in [-0.4, -0.2) is 37.2 Å². The Labute approximate surface area is 513 Å². The number of esters is 3. The third-order valence-electron chi connectivity index (χ3n) is 14.6. The summed E-state index contributed by atoms with van der Waals surface area (Å²) in [6.45, 7) is 6.38. The predicted molar refractivity (Wildman–Crippen MR) is 362 cm³/mol. The van der Waals surface area contributed by atoms with Crippen LogP contribution in [0.2, 0.25) is 0 Å². The van der Waals surface area contributed by atoms with Gasteiger partial charge in [0.05, 0.1) is 0 Å². The molecular formula is C77H128O6. The summed E-state index contributed by atoms with van der Waals surface area (Å²) in [4.78, 5) is 38.4. The minimum atomic E-state index is -0.808. The summed E-state index contributed by atoms with van der Waals surface area (Å²) in [6.07, 6.45) is 99.0. The highest BCUT2D eigenvalue weighted by Gasteiger charge is 2.19. The van der Waals surface area contributed by atoms with E-state index in [4.69, 9.17) is 14.2 Å². The zero-order valence-corrected chi connectivity index (χ0v) is 54.2. The SMILES string of the molecule is CC/C=C\C/C=C\C/C=C\C/C=C\C/C=C\CCCCCCCCCC(=O)OC(COC(=O)CCCC/C=C\C/C=C\C/C=C\C/C=C\CC)COC(=O)CCCCCCCCCCCCCCCCC/C=C\C/C=C\CCCCCCC. The molecule has 472 valence electrons. The fraction of sp³-hybridized carbons (Fsp3) is 0.675. The van der Waals surface area contributed by atoms with Crippen LogP contribution < -0.4 is 0 Å². The summed E-state index contributed by atoms with van der Waals surface area (Å²) in [5.74, 6) is -0.946. The predicted octanol–water partition coefficient (Wildman–Crippen LogP) is 24.1. The number of allylic oxidation sites excluding steroid dienone is 22. The quantitative estimate of drug-likeness (QED) is 0.0261. The largest absolute Gasteiger partial charge is 0.462 e. The van der Waals surface area contributed by atoms with Crippen LogP contribution in [0.3, 0.4) is 0 Å². The molecule has 0 aliphatic carbocycles. The van der Waals surface area contributed by atoms with Crippen molar-refractivity contribution in [1.29, 1.82) is 0 Å². The van der Waals surface area contributed by atoms with Crippen molar-refractivity contribution in [2.24, 2.45) is 0 Å². The summed E-state index contributed by atoms with van der Waals surface area (Å²) in [7, 11) is 0.